The normalized spacial score (nSPS) is 11.4. The van der Waals surface area contributed by atoms with Crippen LogP contribution in [0.1, 0.15) is 345 Å². The number of halogens is 1. The number of nitrogens with zero attached hydrogens (tertiary/aromatic N) is 1. The predicted molar refractivity (Wildman–Crippen MR) is 323 cm³/mol. The highest BCUT2D eigenvalue weighted by Crippen LogP contribution is 2.40. The van der Waals surface area contributed by atoms with E-state index in [2.05, 4.69) is 41.7 Å². The number of ether oxygens (including phenoxy) is 4. The molecule has 1 aromatic carbocycles. The van der Waals surface area contributed by atoms with Gasteiger partial charge in [0.05, 0.1) is 25.4 Å². The van der Waals surface area contributed by atoms with Crippen molar-refractivity contribution in [2.75, 3.05) is 19.8 Å². The lowest BCUT2D eigenvalue weighted by molar-refractivity contribution is 0.0471. The zero-order valence-electron chi connectivity index (χ0n) is 49.0. The largest absolute Gasteiger partial charge is 0.490 e. The van der Waals surface area contributed by atoms with Crippen LogP contribution in [0.3, 0.4) is 0 Å². The Balaban J connectivity index is 1.90. The van der Waals surface area contributed by atoms with Gasteiger partial charge in [-0.2, -0.15) is 0 Å². The summed E-state index contributed by atoms with van der Waals surface area (Å²) in [5.74, 6) is 1.68. The van der Waals surface area contributed by atoms with Crippen LogP contribution >= 0.6 is 15.9 Å². The number of aromatic nitrogens is 1. The highest BCUT2D eigenvalue weighted by molar-refractivity contribution is 9.10. The first-order valence-electron chi connectivity index (χ1n) is 32.4. The minimum Gasteiger partial charge on any atom is -0.490 e. The fourth-order valence-electron chi connectivity index (χ4n) is 10.3. The maximum atomic E-state index is 13.1. The van der Waals surface area contributed by atoms with Crippen molar-refractivity contribution < 1.29 is 23.7 Å². The molecular formula is C67H118BrNO5. The van der Waals surface area contributed by atoms with Crippen molar-refractivity contribution in [3.8, 4) is 17.2 Å². The average Bonchev–Trinajstić information content (AvgIpc) is 3.41. The SMILES string of the molecule is CCCCCCCCCCCCCCCCCCOc1cc(COC(=O)c2cncc(Br)c2)cc(OCCCCCCCCCCCCCCCCCC)c1OCCCCCCCCCCCCCCCCCC. The second-order valence-corrected chi connectivity index (χ2v) is 23.3. The summed E-state index contributed by atoms with van der Waals surface area (Å²) in [4.78, 5) is 17.3. The Morgan fingerprint density at radius 2 is 0.635 bits per heavy atom. The van der Waals surface area contributed by atoms with Crippen molar-refractivity contribution >= 4 is 21.9 Å². The van der Waals surface area contributed by atoms with E-state index in [1.807, 2.05) is 12.1 Å². The van der Waals surface area contributed by atoms with Crippen LogP contribution in [0.4, 0.5) is 0 Å². The summed E-state index contributed by atoms with van der Waals surface area (Å²) >= 11 is 3.44. The molecule has 0 N–H and O–H groups in total. The lowest BCUT2D eigenvalue weighted by Gasteiger charge is -2.19. The quantitative estimate of drug-likeness (QED) is 0.0486. The molecule has 1 aromatic heterocycles. The first kappa shape index (κ1) is 67.8. The Bertz CT molecular complexity index is 1460. The highest BCUT2D eigenvalue weighted by Gasteiger charge is 2.18. The molecule has 2 rings (SSSR count). The van der Waals surface area contributed by atoms with Gasteiger partial charge >= 0.3 is 5.97 Å². The second-order valence-electron chi connectivity index (χ2n) is 22.3. The fraction of sp³-hybridized carbons (Fsp3) is 0.821. The second kappa shape index (κ2) is 52.8. The number of hydrogen-bond acceptors (Lipinski definition) is 6. The van der Waals surface area contributed by atoms with E-state index in [0.29, 0.717) is 42.6 Å². The molecule has 0 unspecified atom stereocenters. The molecule has 74 heavy (non-hydrogen) atoms. The van der Waals surface area contributed by atoms with Crippen LogP contribution < -0.4 is 14.2 Å². The van der Waals surface area contributed by atoms with Crippen LogP contribution in [0.5, 0.6) is 17.2 Å². The third-order valence-electron chi connectivity index (χ3n) is 15.1. The summed E-state index contributed by atoms with van der Waals surface area (Å²) in [6.07, 6.45) is 67.7. The standard InChI is InChI=1S/C67H118BrNO5/c1-4-7-10-13-16-19-22-25-28-31-34-37-40-43-46-49-52-71-64-55-61(60-74-67(70)62-57-63(68)59-69-58-62)56-65(72-53-50-47-44-41-38-35-32-29-26-23-20-17-14-11-8-5-2)66(64)73-54-51-48-45-42-39-36-33-30-27-24-21-18-15-12-9-6-3/h55-59H,4-54,60H2,1-3H3. The molecule has 0 saturated carbocycles. The Hall–Kier alpha value is -2.28. The van der Waals surface area contributed by atoms with Gasteiger partial charge in [-0.15, -0.1) is 0 Å². The van der Waals surface area contributed by atoms with Gasteiger partial charge in [-0.25, -0.2) is 4.79 Å². The van der Waals surface area contributed by atoms with E-state index in [4.69, 9.17) is 18.9 Å². The van der Waals surface area contributed by atoms with E-state index < -0.39 is 5.97 Å². The molecule has 7 heteroatoms. The first-order valence-corrected chi connectivity index (χ1v) is 33.2. The molecule has 2 aromatic rings. The highest BCUT2D eigenvalue weighted by atomic mass is 79.9. The van der Waals surface area contributed by atoms with Crippen molar-refractivity contribution in [1.82, 2.24) is 4.98 Å². The lowest BCUT2D eigenvalue weighted by atomic mass is 10.0. The first-order chi connectivity index (χ1) is 36.6. The Morgan fingerprint density at radius 3 is 0.919 bits per heavy atom. The molecule has 428 valence electrons. The van der Waals surface area contributed by atoms with Crippen LogP contribution in [-0.4, -0.2) is 30.8 Å². The van der Waals surface area contributed by atoms with Crippen molar-refractivity contribution in [1.29, 1.82) is 0 Å². The van der Waals surface area contributed by atoms with Gasteiger partial charge in [-0.1, -0.05) is 310 Å². The van der Waals surface area contributed by atoms with Crippen molar-refractivity contribution in [3.05, 3.63) is 46.2 Å². The van der Waals surface area contributed by atoms with Crippen molar-refractivity contribution in [2.45, 2.75) is 336 Å². The number of pyridine rings is 1. The van der Waals surface area contributed by atoms with Crippen LogP contribution in [0.25, 0.3) is 0 Å². The molecule has 1 heterocycles. The molecule has 0 aliphatic carbocycles. The van der Waals surface area contributed by atoms with Crippen molar-refractivity contribution in [2.24, 2.45) is 0 Å². The molecular weight excluding hydrogens is 979 g/mol. The van der Waals surface area contributed by atoms with E-state index >= 15 is 0 Å². The van der Waals surface area contributed by atoms with Crippen LogP contribution in [0, 0.1) is 0 Å². The number of benzene rings is 1. The Labute approximate surface area is 467 Å². The maximum absolute atomic E-state index is 13.1. The summed E-state index contributed by atoms with van der Waals surface area (Å²) in [5, 5.41) is 0. The summed E-state index contributed by atoms with van der Waals surface area (Å²) in [5.41, 5.74) is 1.25. The number of carbonyl (C=O) groups is 1. The van der Waals surface area contributed by atoms with E-state index in [1.54, 1.807) is 18.5 Å². The third kappa shape index (κ3) is 40.9. The minimum absolute atomic E-state index is 0.107. The summed E-state index contributed by atoms with van der Waals surface area (Å²) in [7, 11) is 0. The van der Waals surface area contributed by atoms with Gasteiger partial charge in [0.2, 0.25) is 5.75 Å². The molecule has 0 fully saturated rings. The topological polar surface area (TPSA) is 66.9 Å². The van der Waals surface area contributed by atoms with Crippen LogP contribution in [0.15, 0.2) is 35.1 Å². The number of unbranched alkanes of at least 4 members (excludes halogenated alkanes) is 45. The minimum atomic E-state index is -0.408. The molecule has 0 aliphatic rings. The van der Waals surface area contributed by atoms with E-state index in [9.17, 15) is 4.79 Å². The van der Waals surface area contributed by atoms with E-state index in [1.165, 1.54) is 276 Å². The molecule has 0 amide bonds. The zero-order valence-corrected chi connectivity index (χ0v) is 50.6. The number of rotatable bonds is 57. The van der Waals surface area contributed by atoms with Gasteiger partial charge in [0.1, 0.15) is 6.61 Å². The summed E-state index contributed by atoms with van der Waals surface area (Å²) < 4.78 is 26.4. The molecule has 6 nitrogen and oxygen atoms in total. The average molecular weight is 1100 g/mol. The lowest BCUT2D eigenvalue weighted by Crippen LogP contribution is -2.09. The number of hydrogen-bond donors (Lipinski definition) is 0. The van der Waals surface area contributed by atoms with Gasteiger partial charge in [0, 0.05) is 16.9 Å². The molecule has 0 atom stereocenters. The maximum Gasteiger partial charge on any atom is 0.340 e. The molecule has 0 spiro atoms. The molecule has 0 bridgehead atoms. The van der Waals surface area contributed by atoms with Gasteiger partial charge in [0.15, 0.2) is 11.5 Å². The predicted octanol–water partition coefficient (Wildman–Crippen LogP) is 23.1. The number of esters is 1. The summed E-state index contributed by atoms with van der Waals surface area (Å²) in [6.45, 7) is 8.88. The van der Waals surface area contributed by atoms with Gasteiger partial charge in [0.25, 0.3) is 0 Å². The van der Waals surface area contributed by atoms with E-state index in [-0.39, 0.29) is 6.61 Å². The number of carbonyl (C=O) groups excluding carboxylic acids is 1. The van der Waals surface area contributed by atoms with Crippen LogP contribution in [0.2, 0.25) is 0 Å². The smallest absolute Gasteiger partial charge is 0.340 e. The fourth-order valence-corrected chi connectivity index (χ4v) is 10.7. The monoisotopic (exact) mass is 1100 g/mol. The van der Waals surface area contributed by atoms with Gasteiger partial charge < -0.3 is 18.9 Å². The van der Waals surface area contributed by atoms with Gasteiger partial charge in [-0.3, -0.25) is 4.98 Å². The Morgan fingerprint density at radius 1 is 0.365 bits per heavy atom. The summed E-state index contributed by atoms with van der Waals surface area (Å²) in [6, 6.07) is 5.75. The molecule has 0 saturated heterocycles. The van der Waals surface area contributed by atoms with Gasteiger partial charge in [-0.05, 0) is 59.0 Å². The molecule has 0 radical (unpaired) electrons. The Kier molecular flexibility index (Phi) is 48.4. The third-order valence-corrected chi connectivity index (χ3v) is 15.6. The van der Waals surface area contributed by atoms with Crippen molar-refractivity contribution in [3.63, 3.8) is 0 Å². The molecule has 0 aliphatic heterocycles. The van der Waals surface area contributed by atoms with E-state index in [0.717, 1.165) is 42.1 Å². The van der Waals surface area contributed by atoms with Crippen LogP contribution in [-0.2, 0) is 11.3 Å². The zero-order chi connectivity index (χ0) is 52.9.